The molecule has 1 aliphatic carbocycles. The molecule has 0 aromatic heterocycles. The van der Waals surface area contributed by atoms with E-state index in [2.05, 4.69) is 33.4 Å². The molecule has 0 bridgehead atoms. The van der Waals surface area contributed by atoms with E-state index < -0.39 is 5.97 Å². The summed E-state index contributed by atoms with van der Waals surface area (Å²) >= 11 is 3.46. The number of carbonyl (C=O) groups is 1. The van der Waals surface area contributed by atoms with Gasteiger partial charge in [0.1, 0.15) is 0 Å². The molecule has 0 spiro atoms. The summed E-state index contributed by atoms with van der Waals surface area (Å²) in [6, 6.07) is 6.62. The maximum atomic E-state index is 10.4. The van der Waals surface area contributed by atoms with Crippen molar-refractivity contribution >= 4 is 21.9 Å². The standard InChI is InChI=1S/C12H14BrNO2/c13-9-2-3-10-8(7-9)1-4-11(10)14-6-5-12(15)16/h2-3,7,11,14H,1,4-6H2,(H,15,16). The molecule has 86 valence electrons. The zero-order chi connectivity index (χ0) is 11.5. The molecule has 1 aromatic carbocycles. The molecule has 1 aromatic rings. The molecule has 0 saturated heterocycles. The largest absolute Gasteiger partial charge is 0.481 e. The Morgan fingerprint density at radius 3 is 3.12 bits per heavy atom. The Morgan fingerprint density at radius 1 is 1.56 bits per heavy atom. The van der Waals surface area contributed by atoms with Gasteiger partial charge in [-0.1, -0.05) is 22.0 Å². The molecule has 16 heavy (non-hydrogen) atoms. The quantitative estimate of drug-likeness (QED) is 0.893. The van der Waals surface area contributed by atoms with Crippen LogP contribution in [0, 0.1) is 0 Å². The molecule has 0 amide bonds. The van der Waals surface area contributed by atoms with Crippen LogP contribution in [0.5, 0.6) is 0 Å². The van der Waals surface area contributed by atoms with Gasteiger partial charge in [-0.3, -0.25) is 4.79 Å². The van der Waals surface area contributed by atoms with Crippen LogP contribution in [0.15, 0.2) is 22.7 Å². The number of hydrogen-bond donors (Lipinski definition) is 2. The van der Waals surface area contributed by atoms with Crippen molar-refractivity contribution in [3.05, 3.63) is 33.8 Å². The van der Waals surface area contributed by atoms with Gasteiger partial charge in [-0.25, -0.2) is 0 Å². The molecule has 0 fully saturated rings. The predicted molar refractivity (Wildman–Crippen MR) is 65.5 cm³/mol. The molecule has 0 heterocycles. The summed E-state index contributed by atoms with van der Waals surface area (Å²) in [4.78, 5) is 10.4. The Balaban J connectivity index is 1.98. The van der Waals surface area contributed by atoms with Crippen LogP contribution >= 0.6 is 15.9 Å². The Bertz CT molecular complexity index is 406. The van der Waals surface area contributed by atoms with Gasteiger partial charge in [-0.2, -0.15) is 0 Å². The number of halogens is 1. The minimum atomic E-state index is -0.749. The highest BCUT2D eigenvalue weighted by Gasteiger charge is 2.21. The number of hydrogen-bond acceptors (Lipinski definition) is 2. The van der Waals surface area contributed by atoms with Crippen LogP contribution in [0.25, 0.3) is 0 Å². The van der Waals surface area contributed by atoms with Crippen molar-refractivity contribution in [1.29, 1.82) is 0 Å². The van der Waals surface area contributed by atoms with Gasteiger partial charge in [-0.15, -0.1) is 0 Å². The molecule has 1 aliphatic rings. The van der Waals surface area contributed by atoms with Crippen LogP contribution in [0.4, 0.5) is 0 Å². The Labute approximate surface area is 103 Å². The van der Waals surface area contributed by atoms with Crippen LogP contribution in [0.1, 0.15) is 30.0 Å². The second-order valence-corrected chi connectivity index (χ2v) is 4.95. The van der Waals surface area contributed by atoms with E-state index in [1.54, 1.807) is 0 Å². The van der Waals surface area contributed by atoms with Gasteiger partial charge in [0.15, 0.2) is 0 Å². The maximum absolute atomic E-state index is 10.4. The van der Waals surface area contributed by atoms with E-state index in [0.717, 1.165) is 17.3 Å². The number of fused-ring (bicyclic) bond motifs is 1. The number of nitrogens with one attached hydrogen (secondary N) is 1. The molecule has 2 rings (SSSR count). The lowest BCUT2D eigenvalue weighted by Gasteiger charge is -2.13. The first-order valence-electron chi connectivity index (χ1n) is 5.40. The van der Waals surface area contributed by atoms with Crippen LogP contribution in [-0.2, 0) is 11.2 Å². The molecule has 0 saturated carbocycles. The summed E-state index contributed by atoms with van der Waals surface area (Å²) in [6.45, 7) is 0.537. The SMILES string of the molecule is O=C(O)CCNC1CCc2cc(Br)ccc21. The Hall–Kier alpha value is -0.870. The second-order valence-electron chi connectivity index (χ2n) is 4.03. The third-order valence-electron chi connectivity index (χ3n) is 2.91. The molecule has 2 N–H and O–H groups in total. The summed E-state index contributed by atoms with van der Waals surface area (Å²) < 4.78 is 1.11. The first-order chi connectivity index (χ1) is 7.66. The fraction of sp³-hybridized carbons (Fsp3) is 0.417. The first-order valence-corrected chi connectivity index (χ1v) is 6.19. The highest BCUT2D eigenvalue weighted by Crippen LogP contribution is 2.32. The van der Waals surface area contributed by atoms with Gasteiger partial charge in [0.05, 0.1) is 6.42 Å². The molecule has 4 heteroatoms. The van der Waals surface area contributed by atoms with Gasteiger partial charge in [0, 0.05) is 17.1 Å². The zero-order valence-corrected chi connectivity index (χ0v) is 10.5. The van der Waals surface area contributed by atoms with Crippen LogP contribution in [0.2, 0.25) is 0 Å². The predicted octanol–water partition coefficient (Wildman–Crippen LogP) is 2.50. The number of carboxylic acid groups (broad SMARTS) is 1. The molecule has 0 aliphatic heterocycles. The Kier molecular flexibility index (Phi) is 3.61. The summed E-state index contributed by atoms with van der Waals surface area (Å²) in [7, 11) is 0. The van der Waals surface area contributed by atoms with E-state index in [-0.39, 0.29) is 6.42 Å². The zero-order valence-electron chi connectivity index (χ0n) is 8.87. The number of rotatable bonds is 4. The summed E-state index contributed by atoms with van der Waals surface area (Å²) in [5, 5.41) is 11.9. The van der Waals surface area contributed by atoms with Crippen molar-refractivity contribution in [2.45, 2.75) is 25.3 Å². The average molecular weight is 284 g/mol. The second kappa shape index (κ2) is 4.97. The first kappa shape index (κ1) is 11.6. The van der Waals surface area contributed by atoms with Crippen LogP contribution in [0.3, 0.4) is 0 Å². The van der Waals surface area contributed by atoms with Crippen molar-refractivity contribution < 1.29 is 9.90 Å². The highest BCUT2D eigenvalue weighted by atomic mass is 79.9. The average Bonchev–Trinajstić information content (AvgIpc) is 2.60. The fourth-order valence-corrected chi connectivity index (χ4v) is 2.56. The van der Waals surface area contributed by atoms with Gasteiger partial charge >= 0.3 is 5.97 Å². The van der Waals surface area contributed by atoms with Gasteiger partial charge in [0.2, 0.25) is 0 Å². The van der Waals surface area contributed by atoms with Crippen molar-refractivity contribution in [1.82, 2.24) is 5.32 Å². The third-order valence-corrected chi connectivity index (χ3v) is 3.41. The summed E-state index contributed by atoms with van der Waals surface area (Å²) in [5.74, 6) is -0.749. The molecule has 3 nitrogen and oxygen atoms in total. The van der Waals surface area contributed by atoms with E-state index in [1.807, 2.05) is 6.07 Å². The molecular weight excluding hydrogens is 270 g/mol. The monoisotopic (exact) mass is 283 g/mol. The van der Waals surface area contributed by atoms with Crippen LogP contribution < -0.4 is 5.32 Å². The normalized spacial score (nSPS) is 18.4. The topological polar surface area (TPSA) is 49.3 Å². The van der Waals surface area contributed by atoms with Crippen molar-refractivity contribution in [3.63, 3.8) is 0 Å². The van der Waals surface area contributed by atoms with Crippen molar-refractivity contribution in [2.75, 3.05) is 6.54 Å². The fourth-order valence-electron chi connectivity index (χ4n) is 2.15. The number of benzene rings is 1. The van der Waals surface area contributed by atoms with Crippen molar-refractivity contribution in [3.8, 4) is 0 Å². The Morgan fingerprint density at radius 2 is 2.38 bits per heavy atom. The molecule has 1 atom stereocenters. The smallest absolute Gasteiger partial charge is 0.304 e. The molecule has 1 unspecified atom stereocenters. The van der Waals surface area contributed by atoms with Gasteiger partial charge in [0.25, 0.3) is 0 Å². The van der Waals surface area contributed by atoms with E-state index >= 15 is 0 Å². The van der Waals surface area contributed by atoms with E-state index in [0.29, 0.717) is 12.6 Å². The maximum Gasteiger partial charge on any atom is 0.304 e. The molecular formula is C12H14BrNO2. The third kappa shape index (κ3) is 2.62. The number of carboxylic acids is 1. The minimum Gasteiger partial charge on any atom is -0.481 e. The lowest BCUT2D eigenvalue weighted by atomic mass is 10.1. The van der Waals surface area contributed by atoms with Crippen LogP contribution in [-0.4, -0.2) is 17.6 Å². The van der Waals surface area contributed by atoms with Crippen molar-refractivity contribution in [2.24, 2.45) is 0 Å². The number of aryl methyl sites for hydroxylation is 1. The van der Waals surface area contributed by atoms with E-state index in [9.17, 15) is 4.79 Å². The van der Waals surface area contributed by atoms with E-state index in [1.165, 1.54) is 11.1 Å². The summed E-state index contributed by atoms with van der Waals surface area (Å²) in [6.07, 6.45) is 2.31. The summed E-state index contributed by atoms with van der Waals surface area (Å²) in [5.41, 5.74) is 2.68. The lowest BCUT2D eigenvalue weighted by Crippen LogP contribution is -2.22. The number of aliphatic carboxylic acids is 1. The van der Waals surface area contributed by atoms with E-state index in [4.69, 9.17) is 5.11 Å². The minimum absolute atomic E-state index is 0.183. The van der Waals surface area contributed by atoms with Gasteiger partial charge < -0.3 is 10.4 Å². The highest BCUT2D eigenvalue weighted by molar-refractivity contribution is 9.10. The molecule has 0 radical (unpaired) electrons. The lowest BCUT2D eigenvalue weighted by molar-refractivity contribution is -0.136. The van der Waals surface area contributed by atoms with Gasteiger partial charge in [-0.05, 0) is 36.1 Å².